The maximum atomic E-state index is 14.0. The normalized spacial score (nSPS) is 17.2. The molecule has 4 N–H and O–H groups in total. The number of amides is 1. The van der Waals surface area contributed by atoms with Gasteiger partial charge in [-0.1, -0.05) is 18.6 Å². The van der Waals surface area contributed by atoms with Crippen LogP contribution in [0.4, 0.5) is 4.39 Å². The highest BCUT2D eigenvalue weighted by molar-refractivity contribution is 7.11. The van der Waals surface area contributed by atoms with Crippen LogP contribution in [0.1, 0.15) is 63.4 Å². The van der Waals surface area contributed by atoms with Crippen molar-refractivity contribution in [3.63, 3.8) is 0 Å². The van der Waals surface area contributed by atoms with Crippen molar-refractivity contribution in [2.75, 3.05) is 13.2 Å². The summed E-state index contributed by atoms with van der Waals surface area (Å²) in [6.07, 6.45) is 4.69. The van der Waals surface area contributed by atoms with Gasteiger partial charge in [0.15, 0.2) is 0 Å². The molecule has 0 spiro atoms. The summed E-state index contributed by atoms with van der Waals surface area (Å²) in [4.78, 5) is 22.3. The van der Waals surface area contributed by atoms with Crippen molar-refractivity contribution >= 4 is 17.2 Å². The molecule has 3 aromatic rings. The highest BCUT2D eigenvalue weighted by Gasteiger charge is 2.30. The second-order valence-electron chi connectivity index (χ2n) is 8.65. The number of thiazole rings is 1. The second kappa shape index (κ2) is 10.6. The first-order chi connectivity index (χ1) is 16.0. The zero-order valence-corrected chi connectivity index (χ0v) is 19.9. The van der Waals surface area contributed by atoms with E-state index < -0.39 is 0 Å². The number of hydrogen-bond donors (Lipinski definition) is 4. The van der Waals surface area contributed by atoms with E-state index in [1.165, 1.54) is 6.07 Å². The van der Waals surface area contributed by atoms with Gasteiger partial charge in [-0.15, -0.1) is 11.3 Å². The predicted octanol–water partition coefficient (Wildman–Crippen LogP) is 4.43. The maximum absolute atomic E-state index is 14.0. The van der Waals surface area contributed by atoms with Gasteiger partial charge in [0.25, 0.3) is 5.91 Å². The lowest BCUT2D eigenvalue weighted by atomic mass is 9.98. The van der Waals surface area contributed by atoms with Crippen molar-refractivity contribution in [1.82, 2.24) is 20.6 Å². The van der Waals surface area contributed by atoms with Crippen molar-refractivity contribution < 1.29 is 14.3 Å². The standard InChI is InChI=1S/C25H31FN4O2S/c1-15-8-9-17(14-18(15)26)19-10-11-21(29-19)24(32)30-23(20-6-3-4-12-27-20)25-28-16(2)22(33-25)7-5-13-31/h8-11,14,20,23,27,29,31H,3-7,12-13H2,1-2H3,(H,30,32). The first kappa shape index (κ1) is 23.6. The summed E-state index contributed by atoms with van der Waals surface area (Å²) in [6, 6.07) is 8.44. The minimum Gasteiger partial charge on any atom is -0.396 e. The lowest BCUT2D eigenvalue weighted by molar-refractivity contribution is 0.0918. The summed E-state index contributed by atoms with van der Waals surface area (Å²) < 4.78 is 14.0. The van der Waals surface area contributed by atoms with Crippen molar-refractivity contribution in [2.45, 2.75) is 58.0 Å². The molecular formula is C25H31FN4O2S. The number of aliphatic hydroxyl groups is 1. The highest BCUT2D eigenvalue weighted by Crippen LogP contribution is 2.30. The molecular weight excluding hydrogens is 439 g/mol. The first-order valence-corrected chi connectivity index (χ1v) is 12.3. The van der Waals surface area contributed by atoms with Gasteiger partial charge in [-0.05, 0) is 69.8 Å². The quantitative estimate of drug-likeness (QED) is 0.392. The highest BCUT2D eigenvalue weighted by atomic mass is 32.1. The van der Waals surface area contributed by atoms with Crippen LogP contribution in [0.2, 0.25) is 0 Å². The fourth-order valence-electron chi connectivity index (χ4n) is 4.23. The Labute approximate surface area is 197 Å². The third-order valence-corrected chi connectivity index (χ3v) is 7.49. The average molecular weight is 471 g/mol. The monoisotopic (exact) mass is 470 g/mol. The van der Waals surface area contributed by atoms with Crippen molar-refractivity contribution in [2.24, 2.45) is 0 Å². The van der Waals surface area contributed by atoms with E-state index in [0.717, 1.165) is 47.8 Å². The van der Waals surface area contributed by atoms with Crippen molar-refractivity contribution in [3.8, 4) is 11.3 Å². The van der Waals surface area contributed by atoms with Gasteiger partial charge in [0, 0.05) is 28.8 Å². The van der Waals surface area contributed by atoms with Crippen LogP contribution in [0, 0.1) is 19.7 Å². The number of aromatic nitrogens is 2. The third kappa shape index (κ3) is 5.51. The summed E-state index contributed by atoms with van der Waals surface area (Å²) >= 11 is 1.61. The van der Waals surface area contributed by atoms with Crippen LogP contribution >= 0.6 is 11.3 Å². The summed E-state index contributed by atoms with van der Waals surface area (Å²) in [5.74, 6) is -0.483. The van der Waals surface area contributed by atoms with E-state index in [-0.39, 0.29) is 30.4 Å². The number of nitrogens with zero attached hydrogens (tertiary/aromatic N) is 1. The van der Waals surface area contributed by atoms with Gasteiger partial charge < -0.3 is 20.7 Å². The van der Waals surface area contributed by atoms with Gasteiger partial charge in [0.2, 0.25) is 0 Å². The lowest BCUT2D eigenvalue weighted by Crippen LogP contribution is -2.46. The Morgan fingerprint density at radius 2 is 2.15 bits per heavy atom. The number of aromatic amines is 1. The van der Waals surface area contributed by atoms with E-state index in [0.29, 0.717) is 28.9 Å². The number of aryl methyl sites for hydroxylation is 3. The molecule has 8 heteroatoms. The number of aliphatic hydroxyl groups excluding tert-OH is 1. The van der Waals surface area contributed by atoms with E-state index in [1.54, 1.807) is 36.5 Å². The third-order valence-electron chi connectivity index (χ3n) is 6.19. The smallest absolute Gasteiger partial charge is 0.268 e. The molecule has 1 amide bonds. The van der Waals surface area contributed by atoms with E-state index >= 15 is 0 Å². The number of rotatable bonds is 8. The van der Waals surface area contributed by atoms with Crippen LogP contribution in [-0.4, -0.2) is 40.2 Å². The van der Waals surface area contributed by atoms with E-state index in [9.17, 15) is 14.3 Å². The minimum atomic E-state index is -0.271. The summed E-state index contributed by atoms with van der Waals surface area (Å²) in [6.45, 7) is 4.78. The fraction of sp³-hybridized carbons (Fsp3) is 0.440. The Morgan fingerprint density at radius 3 is 2.88 bits per heavy atom. The fourth-order valence-corrected chi connectivity index (χ4v) is 5.45. The van der Waals surface area contributed by atoms with E-state index in [2.05, 4.69) is 15.6 Å². The zero-order valence-electron chi connectivity index (χ0n) is 19.1. The average Bonchev–Trinajstić information content (AvgIpc) is 3.45. The number of benzene rings is 1. The molecule has 1 saturated heterocycles. The Hall–Kier alpha value is -2.55. The van der Waals surface area contributed by atoms with Crippen molar-refractivity contribution in [1.29, 1.82) is 0 Å². The molecule has 1 aromatic carbocycles. The molecule has 1 fully saturated rings. The van der Waals surface area contributed by atoms with Gasteiger partial charge in [-0.3, -0.25) is 4.79 Å². The Kier molecular flexibility index (Phi) is 7.57. The molecule has 3 heterocycles. The molecule has 33 heavy (non-hydrogen) atoms. The number of carbonyl (C=O) groups excluding carboxylic acids is 1. The van der Waals surface area contributed by atoms with Gasteiger partial charge in [-0.2, -0.15) is 0 Å². The number of piperidine rings is 1. The molecule has 4 rings (SSSR count). The van der Waals surface area contributed by atoms with Gasteiger partial charge >= 0.3 is 0 Å². The Bertz CT molecular complexity index is 1100. The molecule has 0 radical (unpaired) electrons. The summed E-state index contributed by atoms with van der Waals surface area (Å²) in [5.41, 5.74) is 3.38. The predicted molar refractivity (Wildman–Crippen MR) is 129 cm³/mol. The van der Waals surface area contributed by atoms with Crippen LogP contribution in [0.5, 0.6) is 0 Å². The zero-order chi connectivity index (χ0) is 23.4. The molecule has 0 saturated carbocycles. The van der Waals surface area contributed by atoms with Crippen LogP contribution < -0.4 is 10.6 Å². The van der Waals surface area contributed by atoms with Gasteiger partial charge in [-0.25, -0.2) is 9.37 Å². The Balaban J connectivity index is 1.55. The molecule has 2 aromatic heterocycles. The first-order valence-electron chi connectivity index (χ1n) is 11.5. The number of carbonyl (C=O) groups is 1. The maximum Gasteiger partial charge on any atom is 0.268 e. The van der Waals surface area contributed by atoms with Gasteiger partial charge in [0.05, 0.1) is 11.7 Å². The molecule has 2 atom stereocenters. The topological polar surface area (TPSA) is 90.0 Å². The SMILES string of the molecule is Cc1ccc(-c2ccc(C(=O)NC(c3nc(C)c(CCCO)s3)C3CCCCN3)[nH]2)cc1F. The van der Waals surface area contributed by atoms with E-state index in [4.69, 9.17) is 4.98 Å². The van der Waals surface area contributed by atoms with Crippen molar-refractivity contribution in [3.05, 3.63) is 63.0 Å². The van der Waals surface area contributed by atoms with E-state index in [1.807, 2.05) is 13.0 Å². The Morgan fingerprint density at radius 1 is 1.30 bits per heavy atom. The van der Waals surface area contributed by atoms with Crippen LogP contribution in [0.15, 0.2) is 30.3 Å². The largest absolute Gasteiger partial charge is 0.396 e. The lowest BCUT2D eigenvalue weighted by Gasteiger charge is -2.30. The number of nitrogens with one attached hydrogen (secondary N) is 3. The second-order valence-corrected chi connectivity index (χ2v) is 9.76. The number of hydrogen-bond acceptors (Lipinski definition) is 5. The minimum absolute atomic E-state index is 0.111. The molecule has 1 aliphatic heterocycles. The molecule has 1 aliphatic rings. The molecule has 6 nitrogen and oxygen atoms in total. The van der Waals surface area contributed by atoms with Crippen LogP contribution in [-0.2, 0) is 6.42 Å². The number of H-pyrrole nitrogens is 1. The molecule has 176 valence electrons. The summed E-state index contributed by atoms with van der Waals surface area (Å²) in [7, 11) is 0. The number of halogens is 1. The molecule has 2 unspecified atom stereocenters. The van der Waals surface area contributed by atoms with Crippen LogP contribution in [0.25, 0.3) is 11.3 Å². The molecule has 0 bridgehead atoms. The van der Waals surface area contributed by atoms with Gasteiger partial charge in [0.1, 0.15) is 16.5 Å². The molecule has 0 aliphatic carbocycles. The summed E-state index contributed by atoms with van der Waals surface area (Å²) in [5, 5.41) is 16.8. The van der Waals surface area contributed by atoms with Crippen LogP contribution in [0.3, 0.4) is 0 Å².